The quantitative estimate of drug-likeness (QED) is 0.500. The fourth-order valence-electron chi connectivity index (χ4n) is 3.29. The summed E-state index contributed by atoms with van der Waals surface area (Å²) in [6, 6.07) is 20.2. The topological polar surface area (TPSA) is 79.2 Å². The molecule has 34 heavy (non-hydrogen) atoms. The summed E-state index contributed by atoms with van der Waals surface area (Å²) in [5.74, 6) is -1.71. The number of carboxylic acid groups (broad SMARTS) is 1. The Morgan fingerprint density at radius 3 is 2.26 bits per heavy atom. The first kappa shape index (κ1) is 22.8. The maximum absolute atomic E-state index is 13.7. The lowest BCUT2D eigenvalue weighted by molar-refractivity contribution is -0.114. The van der Waals surface area contributed by atoms with E-state index in [-0.39, 0.29) is 29.2 Å². The third kappa shape index (κ3) is 4.83. The normalized spacial score (nSPS) is 14.9. The lowest BCUT2D eigenvalue weighted by atomic mass is 10.1. The van der Waals surface area contributed by atoms with Gasteiger partial charge in [0.05, 0.1) is 16.8 Å². The largest absolute Gasteiger partial charge is 0.488 e. The van der Waals surface area contributed by atoms with Crippen molar-refractivity contribution in [3.63, 3.8) is 0 Å². The smallest absolute Gasteiger partial charge is 0.435 e. The lowest BCUT2D eigenvalue weighted by Crippen LogP contribution is -2.25. The van der Waals surface area contributed by atoms with Crippen LogP contribution in [0.1, 0.15) is 21.5 Å². The van der Waals surface area contributed by atoms with Gasteiger partial charge in [0.1, 0.15) is 12.4 Å². The first-order valence-electron chi connectivity index (χ1n) is 10.1. The van der Waals surface area contributed by atoms with E-state index in [1.54, 1.807) is 48.5 Å². The molecule has 0 unspecified atom stereocenters. The summed E-state index contributed by atoms with van der Waals surface area (Å²) in [5, 5.41) is 13.3. The van der Waals surface area contributed by atoms with E-state index in [0.717, 1.165) is 11.1 Å². The number of ether oxygens (including phenoxy) is 1. The Morgan fingerprint density at radius 2 is 1.62 bits per heavy atom. The van der Waals surface area contributed by atoms with Crippen LogP contribution in [-0.4, -0.2) is 28.9 Å². The minimum atomic E-state index is -4.84. The molecule has 0 spiro atoms. The van der Waals surface area contributed by atoms with Gasteiger partial charge >= 0.3 is 12.1 Å². The van der Waals surface area contributed by atoms with Gasteiger partial charge in [0.15, 0.2) is 5.71 Å². The number of nitrogens with zero attached hydrogens (tertiary/aromatic N) is 2. The summed E-state index contributed by atoms with van der Waals surface area (Å²) < 4.78 is 46.9. The number of rotatable bonds is 6. The molecular formula is C25H17F3N2O4. The lowest BCUT2D eigenvalue weighted by Gasteiger charge is -2.12. The van der Waals surface area contributed by atoms with Crippen LogP contribution in [0.15, 0.2) is 89.5 Å². The Balaban J connectivity index is 1.63. The zero-order valence-electron chi connectivity index (χ0n) is 17.5. The van der Waals surface area contributed by atoms with E-state index < -0.39 is 29.3 Å². The number of benzene rings is 3. The second-order valence-corrected chi connectivity index (χ2v) is 7.29. The fourth-order valence-corrected chi connectivity index (χ4v) is 3.29. The second kappa shape index (κ2) is 9.22. The molecule has 3 aromatic rings. The zero-order chi connectivity index (χ0) is 24.3. The molecule has 172 valence electrons. The van der Waals surface area contributed by atoms with Crippen LogP contribution in [0.4, 0.5) is 18.9 Å². The van der Waals surface area contributed by atoms with Crippen molar-refractivity contribution in [3.05, 3.63) is 101 Å². The predicted octanol–water partition coefficient (Wildman–Crippen LogP) is 5.31. The van der Waals surface area contributed by atoms with E-state index in [4.69, 9.17) is 9.84 Å². The number of carboxylic acids is 1. The van der Waals surface area contributed by atoms with Crippen molar-refractivity contribution in [1.29, 1.82) is 0 Å². The van der Waals surface area contributed by atoms with Crippen molar-refractivity contribution in [2.45, 2.75) is 12.8 Å². The van der Waals surface area contributed by atoms with Gasteiger partial charge in [-0.1, -0.05) is 48.5 Å². The third-order valence-corrected chi connectivity index (χ3v) is 4.96. The minimum Gasteiger partial charge on any atom is -0.488 e. The van der Waals surface area contributed by atoms with Gasteiger partial charge in [-0.25, -0.2) is 4.79 Å². The van der Waals surface area contributed by atoms with Gasteiger partial charge in [0, 0.05) is 5.56 Å². The molecule has 6 nitrogen and oxygen atoms in total. The summed E-state index contributed by atoms with van der Waals surface area (Å²) in [5.41, 5.74) is -0.627. The van der Waals surface area contributed by atoms with E-state index in [0.29, 0.717) is 5.56 Å². The van der Waals surface area contributed by atoms with Crippen molar-refractivity contribution in [3.8, 4) is 5.75 Å². The number of para-hydroxylation sites is 2. The van der Waals surface area contributed by atoms with Crippen molar-refractivity contribution >= 4 is 29.4 Å². The summed E-state index contributed by atoms with van der Waals surface area (Å²) in [6.07, 6.45) is -3.73. The van der Waals surface area contributed by atoms with Crippen LogP contribution < -0.4 is 9.75 Å². The number of hydrogen-bond donors (Lipinski definition) is 1. The molecule has 0 aliphatic carbocycles. The summed E-state index contributed by atoms with van der Waals surface area (Å²) >= 11 is 0. The van der Waals surface area contributed by atoms with Gasteiger partial charge in [-0.2, -0.15) is 23.3 Å². The van der Waals surface area contributed by atoms with Crippen LogP contribution in [0.5, 0.6) is 5.75 Å². The molecule has 1 heterocycles. The molecule has 0 bridgehead atoms. The molecular weight excluding hydrogens is 449 g/mol. The van der Waals surface area contributed by atoms with E-state index in [2.05, 4.69) is 5.10 Å². The Labute approximate surface area is 192 Å². The summed E-state index contributed by atoms with van der Waals surface area (Å²) in [4.78, 5) is 23.9. The Kier molecular flexibility index (Phi) is 6.18. The van der Waals surface area contributed by atoms with Crippen molar-refractivity contribution in [2.75, 3.05) is 5.01 Å². The minimum absolute atomic E-state index is 0.0460. The molecule has 0 radical (unpaired) electrons. The Morgan fingerprint density at radius 1 is 0.971 bits per heavy atom. The van der Waals surface area contributed by atoms with Crippen molar-refractivity contribution < 1.29 is 32.6 Å². The number of anilines is 1. The Bertz CT molecular complexity index is 1280. The summed E-state index contributed by atoms with van der Waals surface area (Å²) in [7, 11) is 0. The molecule has 4 rings (SSSR count). The van der Waals surface area contributed by atoms with Crippen LogP contribution in [0, 0.1) is 0 Å². The number of carbonyl (C=O) groups excluding carboxylic acids is 1. The van der Waals surface area contributed by atoms with Gasteiger partial charge in [-0.3, -0.25) is 4.79 Å². The van der Waals surface area contributed by atoms with E-state index in [1.165, 1.54) is 30.3 Å². The number of carbonyl (C=O) groups is 2. The number of amides is 1. The van der Waals surface area contributed by atoms with Gasteiger partial charge in [-0.05, 0) is 42.0 Å². The third-order valence-electron chi connectivity index (χ3n) is 4.96. The first-order valence-corrected chi connectivity index (χ1v) is 10.1. The number of aromatic carboxylic acids is 1. The van der Waals surface area contributed by atoms with Crippen LogP contribution in [0.2, 0.25) is 0 Å². The second-order valence-electron chi connectivity index (χ2n) is 7.29. The average Bonchev–Trinajstić information content (AvgIpc) is 3.16. The maximum atomic E-state index is 13.7. The van der Waals surface area contributed by atoms with E-state index in [1.807, 2.05) is 0 Å². The van der Waals surface area contributed by atoms with Crippen molar-refractivity contribution in [1.82, 2.24) is 0 Å². The predicted molar refractivity (Wildman–Crippen MR) is 120 cm³/mol. The highest BCUT2D eigenvalue weighted by molar-refractivity contribution is 6.34. The van der Waals surface area contributed by atoms with Gasteiger partial charge in [0.2, 0.25) is 0 Å². The van der Waals surface area contributed by atoms with Crippen molar-refractivity contribution in [2.24, 2.45) is 5.10 Å². The standard InChI is InChI=1S/C25H17F3N2O4/c26-25(27,28)22-20(23(31)30(29-22)19-7-2-1-3-8-19)14-18-6-4-5-9-21(18)34-15-16-10-12-17(13-11-16)24(32)33/h1-14H,15H2,(H,32,33)/b20-14-. The molecule has 1 N–H and O–H groups in total. The Hall–Kier alpha value is -4.40. The van der Waals surface area contributed by atoms with Crippen LogP contribution in [0.25, 0.3) is 6.08 Å². The molecule has 3 aromatic carbocycles. The number of alkyl halides is 3. The van der Waals surface area contributed by atoms with Gasteiger partial charge < -0.3 is 9.84 Å². The average molecular weight is 466 g/mol. The highest BCUT2D eigenvalue weighted by Crippen LogP contribution is 2.34. The molecule has 1 aliphatic heterocycles. The highest BCUT2D eigenvalue weighted by atomic mass is 19.4. The molecule has 0 saturated heterocycles. The number of hydrazone groups is 1. The molecule has 1 amide bonds. The van der Waals surface area contributed by atoms with Crippen LogP contribution in [-0.2, 0) is 11.4 Å². The molecule has 9 heteroatoms. The fraction of sp³-hybridized carbons (Fsp3) is 0.0800. The monoisotopic (exact) mass is 466 g/mol. The molecule has 0 atom stereocenters. The highest BCUT2D eigenvalue weighted by Gasteiger charge is 2.46. The zero-order valence-corrected chi connectivity index (χ0v) is 17.5. The molecule has 0 saturated carbocycles. The molecule has 1 aliphatic rings. The molecule has 0 fully saturated rings. The van der Waals surface area contributed by atoms with Crippen LogP contribution >= 0.6 is 0 Å². The first-order chi connectivity index (χ1) is 16.2. The van der Waals surface area contributed by atoms with E-state index in [9.17, 15) is 22.8 Å². The SMILES string of the molecule is O=C(O)c1ccc(COc2ccccc2/C=C2\C(=O)N(c3ccccc3)N=C2C(F)(F)F)cc1. The van der Waals surface area contributed by atoms with Crippen LogP contribution in [0.3, 0.4) is 0 Å². The molecule has 0 aromatic heterocycles. The number of halogens is 3. The van der Waals surface area contributed by atoms with Gasteiger partial charge in [-0.15, -0.1) is 0 Å². The summed E-state index contributed by atoms with van der Waals surface area (Å²) in [6.45, 7) is 0.0460. The maximum Gasteiger partial charge on any atom is 0.435 e. The van der Waals surface area contributed by atoms with E-state index >= 15 is 0 Å². The number of hydrogen-bond acceptors (Lipinski definition) is 4. The van der Waals surface area contributed by atoms with Gasteiger partial charge in [0.25, 0.3) is 5.91 Å².